The van der Waals surface area contributed by atoms with Crippen LogP contribution in [0.25, 0.3) is 0 Å². The number of pyridine rings is 1. The first-order chi connectivity index (χ1) is 7.75. The number of hydrogen-bond acceptors (Lipinski definition) is 1. The van der Waals surface area contributed by atoms with Gasteiger partial charge in [-0.15, -0.1) is 11.6 Å². The van der Waals surface area contributed by atoms with E-state index in [1.165, 1.54) is 5.56 Å². The van der Waals surface area contributed by atoms with Gasteiger partial charge in [-0.1, -0.05) is 28.1 Å². The zero-order chi connectivity index (χ0) is 11.4. The monoisotopic (exact) mass is 295 g/mol. The third kappa shape index (κ3) is 3.06. The van der Waals surface area contributed by atoms with Gasteiger partial charge >= 0.3 is 0 Å². The molecule has 0 fully saturated rings. The largest absolute Gasteiger partial charge is 0.265 e. The third-order valence-corrected chi connectivity index (χ3v) is 3.27. The molecule has 0 aliphatic rings. The van der Waals surface area contributed by atoms with Crippen molar-refractivity contribution in [3.8, 4) is 0 Å². The number of hydrogen-bond donors (Lipinski definition) is 0. The number of rotatable bonds is 3. The molecule has 0 aliphatic heterocycles. The molecule has 2 aromatic rings. The Morgan fingerprint density at radius 3 is 2.62 bits per heavy atom. The fraction of sp³-hybridized carbons (Fsp3) is 0.154. The summed E-state index contributed by atoms with van der Waals surface area (Å²) in [5.41, 5.74) is 2.34. The molecule has 0 amide bonds. The third-order valence-electron chi connectivity index (χ3n) is 2.37. The van der Waals surface area contributed by atoms with E-state index < -0.39 is 0 Å². The highest BCUT2D eigenvalue weighted by Gasteiger charge is 2.08. The Bertz CT molecular complexity index is 458. The average molecular weight is 297 g/mol. The summed E-state index contributed by atoms with van der Waals surface area (Å²) < 4.78 is 1.09. The number of nitrogens with zero attached hydrogens (tertiary/aromatic N) is 1. The zero-order valence-corrected chi connectivity index (χ0v) is 10.9. The molecule has 0 radical (unpaired) electrons. The van der Waals surface area contributed by atoms with Gasteiger partial charge in [-0.25, -0.2) is 0 Å². The first-order valence-corrected chi connectivity index (χ1v) is 6.27. The van der Waals surface area contributed by atoms with Gasteiger partial charge < -0.3 is 0 Å². The van der Waals surface area contributed by atoms with Crippen molar-refractivity contribution in [1.82, 2.24) is 4.98 Å². The van der Waals surface area contributed by atoms with Crippen molar-refractivity contribution in [2.75, 3.05) is 0 Å². The van der Waals surface area contributed by atoms with Crippen molar-refractivity contribution in [3.63, 3.8) is 0 Å². The Kier molecular flexibility index (Phi) is 3.97. The topological polar surface area (TPSA) is 12.9 Å². The normalized spacial score (nSPS) is 12.4. The number of alkyl halides is 1. The van der Waals surface area contributed by atoms with Crippen molar-refractivity contribution < 1.29 is 0 Å². The summed E-state index contributed by atoms with van der Waals surface area (Å²) in [5, 5.41) is -0.00250. The Labute approximate surface area is 109 Å². The number of benzene rings is 1. The minimum Gasteiger partial charge on any atom is -0.265 e. The van der Waals surface area contributed by atoms with E-state index in [2.05, 4.69) is 33.0 Å². The van der Waals surface area contributed by atoms with E-state index in [0.29, 0.717) is 0 Å². The van der Waals surface area contributed by atoms with Crippen LogP contribution in [0.2, 0.25) is 0 Å². The molecular weight excluding hydrogens is 286 g/mol. The van der Waals surface area contributed by atoms with Crippen LogP contribution >= 0.6 is 27.5 Å². The van der Waals surface area contributed by atoms with E-state index in [9.17, 15) is 0 Å². The van der Waals surface area contributed by atoms with Gasteiger partial charge in [0, 0.05) is 16.9 Å². The lowest BCUT2D eigenvalue weighted by Gasteiger charge is -2.09. The molecule has 2 rings (SSSR count). The van der Waals surface area contributed by atoms with Gasteiger partial charge in [-0.2, -0.15) is 0 Å². The lowest BCUT2D eigenvalue weighted by atomic mass is 10.1. The molecule has 1 atom stereocenters. The molecule has 1 aromatic heterocycles. The van der Waals surface area contributed by atoms with Crippen molar-refractivity contribution in [3.05, 3.63) is 64.4 Å². The molecule has 1 aromatic carbocycles. The van der Waals surface area contributed by atoms with E-state index in [1.54, 1.807) is 12.4 Å². The minimum absolute atomic E-state index is 0.00250. The highest BCUT2D eigenvalue weighted by molar-refractivity contribution is 9.10. The van der Waals surface area contributed by atoms with E-state index >= 15 is 0 Å². The van der Waals surface area contributed by atoms with Gasteiger partial charge in [0.05, 0.1) is 5.38 Å². The first kappa shape index (κ1) is 11.6. The molecule has 1 heterocycles. The van der Waals surface area contributed by atoms with E-state index in [1.807, 2.05) is 24.3 Å². The van der Waals surface area contributed by atoms with Gasteiger partial charge in [0.15, 0.2) is 0 Å². The maximum Gasteiger partial charge on any atom is 0.0626 e. The van der Waals surface area contributed by atoms with Crippen LogP contribution in [-0.4, -0.2) is 4.98 Å². The van der Waals surface area contributed by atoms with E-state index in [4.69, 9.17) is 11.6 Å². The van der Waals surface area contributed by atoms with Gasteiger partial charge in [-0.3, -0.25) is 4.98 Å². The molecule has 1 unspecified atom stereocenters. The Morgan fingerprint density at radius 1 is 1.19 bits per heavy atom. The summed E-state index contributed by atoms with van der Waals surface area (Å²) in [6.07, 6.45) is 4.36. The Hall–Kier alpha value is -0.860. The van der Waals surface area contributed by atoms with Crippen LogP contribution in [-0.2, 0) is 6.42 Å². The molecule has 0 bridgehead atoms. The summed E-state index contributed by atoms with van der Waals surface area (Å²) in [6.45, 7) is 0. The molecular formula is C13H11BrClN. The second kappa shape index (κ2) is 5.46. The van der Waals surface area contributed by atoms with Crippen molar-refractivity contribution in [1.29, 1.82) is 0 Å². The van der Waals surface area contributed by atoms with Crippen LogP contribution in [0.1, 0.15) is 16.5 Å². The quantitative estimate of drug-likeness (QED) is 0.767. The summed E-state index contributed by atoms with van der Waals surface area (Å²) >= 11 is 9.81. The molecule has 0 saturated heterocycles. The molecule has 3 heteroatoms. The van der Waals surface area contributed by atoms with E-state index in [0.717, 1.165) is 16.5 Å². The average Bonchev–Trinajstić information content (AvgIpc) is 2.30. The van der Waals surface area contributed by atoms with Crippen molar-refractivity contribution in [2.45, 2.75) is 11.8 Å². The fourth-order valence-corrected chi connectivity index (χ4v) is 2.33. The lowest BCUT2D eigenvalue weighted by Crippen LogP contribution is -1.95. The molecule has 0 saturated carbocycles. The Balaban J connectivity index is 2.11. The SMILES string of the molecule is ClC(Cc1cccc(Br)c1)c1ccncc1. The first-order valence-electron chi connectivity index (χ1n) is 5.04. The number of halogens is 2. The molecule has 82 valence electrons. The summed E-state index contributed by atoms with van der Waals surface area (Å²) in [6, 6.07) is 12.1. The molecule has 1 nitrogen and oxygen atoms in total. The van der Waals surface area contributed by atoms with Crippen molar-refractivity contribution in [2.24, 2.45) is 0 Å². The molecule has 0 aliphatic carbocycles. The smallest absolute Gasteiger partial charge is 0.0626 e. The highest BCUT2D eigenvalue weighted by atomic mass is 79.9. The molecule has 0 N–H and O–H groups in total. The lowest BCUT2D eigenvalue weighted by molar-refractivity contribution is 0.915. The minimum atomic E-state index is -0.00250. The second-order valence-corrected chi connectivity index (χ2v) is 5.02. The highest BCUT2D eigenvalue weighted by Crippen LogP contribution is 2.25. The van der Waals surface area contributed by atoms with Crippen LogP contribution in [0.15, 0.2) is 53.3 Å². The van der Waals surface area contributed by atoms with E-state index in [-0.39, 0.29) is 5.38 Å². The molecule has 16 heavy (non-hydrogen) atoms. The van der Waals surface area contributed by atoms with Crippen LogP contribution in [0.4, 0.5) is 0 Å². The number of aromatic nitrogens is 1. The van der Waals surface area contributed by atoms with Crippen LogP contribution < -0.4 is 0 Å². The van der Waals surface area contributed by atoms with Gasteiger partial charge in [0.2, 0.25) is 0 Å². The summed E-state index contributed by atoms with van der Waals surface area (Å²) in [4.78, 5) is 3.98. The van der Waals surface area contributed by atoms with Crippen molar-refractivity contribution >= 4 is 27.5 Å². The zero-order valence-electron chi connectivity index (χ0n) is 8.61. The van der Waals surface area contributed by atoms with Gasteiger partial charge in [-0.05, 0) is 41.8 Å². The molecule has 0 spiro atoms. The van der Waals surface area contributed by atoms with Crippen LogP contribution in [0.5, 0.6) is 0 Å². The Morgan fingerprint density at radius 2 is 1.94 bits per heavy atom. The predicted octanol–water partition coefficient (Wildman–Crippen LogP) is 4.37. The second-order valence-electron chi connectivity index (χ2n) is 3.58. The standard InChI is InChI=1S/C13H11BrClN/c14-12-3-1-2-10(8-12)9-13(15)11-4-6-16-7-5-11/h1-8,13H,9H2. The maximum absolute atomic E-state index is 6.35. The summed E-state index contributed by atoms with van der Waals surface area (Å²) in [7, 11) is 0. The fourth-order valence-electron chi connectivity index (χ4n) is 1.56. The predicted molar refractivity (Wildman–Crippen MR) is 70.7 cm³/mol. The van der Waals surface area contributed by atoms with Crippen LogP contribution in [0, 0.1) is 0 Å². The van der Waals surface area contributed by atoms with Gasteiger partial charge in [0.1, 0.15) is 0 Å². The van der Waals surface area contributed by atoms with Gasteiger partial charge in [0.25, 0.3) is 0 Å². The summed E-state index contributed by atoms with van der Waals surface area (Å²) in [5.74, 6) is 0. The van der Waals surface area contributed by atoms with Crippen LogP contribution in [0.3, 0.4) is 0 Å². The maximum atomic E-state index is 6.35.